The van der Waals surface area contributed by atoms with Crippen molar-refractivity contribution in [2.75, 3.05) is 33.7 Å². The molecular weight excluding hydrogens is 311 g/mol. The molecule has 0 aliphatic heterocycles. The van der Waals surface area contributed by atoms with Crippen LogP contribution in [-0.2, 0) is 16.0 Å². The molecule has 0 heterocycles. The van der Waals surface area contributed by atoms with Gasteiger partial charge in [-0.2, -0.15) is 13.2 Å². The molecule has 1 rings (SSSR count). The number of ether oxygens (including phenoxy) is 3. The molecule has 1 aromatic carbocycles. The quantitative estimate of drug-likeness (QED) is 0.559. The molecule has 0 aromatic heterocycles. The number of methoxy groups -OCH3 is 1. The normalized spacial score (nSPS) is 11.7. The predicted molar refractivity (Wildman–Crippen MR) is 72.5 cm³/mol. The van der Waals surface area contributed by atoms with Crippen LogP contribution in [0.15, 0.2) is 18.2 Å². The summed E-state index contributed by atoms with van der Waals surface area (Å²) >= 11 is 5.89. The zero-order chi connectivity index (χ0) is 15.7. The molecule has 120 valence electrons. The molecule has 0 amide bonds. The van der Waals surface area contributed by atoms with Crippen LogP contribution in [-0.4, -0.2) is 39.8 Å². The van der Waals surface area contributed by atoms with Crippen molar-refractivity contribution in [2.24, 2.45) is 0 Å². The monoisotopic (exact) mass is 327 g/mol. The van der Waals surface area contributed by atoms with E-state index in [2.05, 4.69) is 10.1 Å². The van der Waals surface area contributed by atoms with Crippen LogP contribution in [0, 0.1) is 0 Å². The van der Waals surface area contributed by atoms with Crippen LogP contribution >= 0.6 is 11.6 Å². The maximum absolute atomic E-state index is 11.9. The van der Waals surface area contributed by atoms with Gasteiger partial charge in [0.15, 0.2) is 6.79 Å². The highest BCUT2D eigenvalue weighted by Gasteiger charge is 2.27. The zero-order valence-corrected chi connectivity index (χ0v) is 12.3. The molecule has 4 nitrogen and oxygen atoms in total. The minimum atomic E-state index is -4.37. The third-order valence-electron chi connectivity index (χ3n) is 2.38. The fourth-order valence-corrected chi connectivity index (χ4v) is 1.68. The van der Waals surface area contributed by atoms with Gasteiger partial charge < -0.3 is 19.5 Å². The highest BCUT2D eigenvalue weighted by atomic mass is 35.5. The van der Waals surface area contributed by atoms with Crippen LogP contribution in [0.2, 0.25) is 5.02 Å². The van der Waals surface area contributed by atoms with Crippen molar-refractivity contribution in [3.05, 3.63) is 28.8 Å². The third-order valence-corrected chi connectivity index (χ3v) is 2.62. The molecule has 0 radical (unpaired) electrons. The lowest BCUT2D eigenvalue weighted by Gasteiger charge is -2.13. The van der Waals surface area contributed by atoms with Gasteiger partial charge in [-0.3, -0.25) is 0 Å². The van der Waals surface area contributed by atoms with E-state index in [0.717, 1.165) is 5.56 Å². The Labute approximate surface area is 126 Å². The number of nitrogens with one attached hydrogen (secondary N) is 1. The van der Waals surface area contributed by atoms with E-state index in [1.54, 1.807) is 25.3 Å². The van der Waals surface area contributed by atoms with Gasteiger partial charge in [0, 0.05) is 30.8 Å². The molecule has 0 aliphatic rings. The summed E-state index contributed by atoms with van der Waals surface area (Å²) in [6.45, 7) is -0.189. The number of benzene rings is 1. The van der Waals surface area contributed by atoms with Gasteiger partial charge in [-0.15, -0.1) is 0 Å². The van der Waals surface area contributed by atoms with E-state index in [9.17, 15) is 13.2 Å². The molecule has 0 bridgehead atoms. The van der Waals surface area contributed by atoms with Crippen molar-refractivity contribution in [3.63, 3.8) is 0 Å². The maximum atomic E-state index is 11.9. The van der Waals surface area contributed by atoms with Crippen molar-refractivity contribution in [1.29, 1.82) is 0 Å². The second-order valence-corrected chi connectivity index (χ2v) is 4.58. The predicted octanol–water partition coefficient (Wildman–Crippen LogP) is 2.99. The standard InChI is InChI=1S/C13H17ClF3NO3/c1-19-5-4-18-7-10-6-11(14)2-3-12(10)21-9-20-8-13(15,16)17/h2-3,6,18H,4-5,7-9H2,1H3. The number of rotatable bonds is 9. The molecule has 21 heavy (non-hydrogen) atoms. The molecule has 0 unspecified atom stereocenters. The first-order chi connectivity index (χ1) is 9.92. The van der Waals surface area contributed by atoms with E-state index in [0.29, 0.717) is 30.5 Å². The van der Waals surface area contributed by atoms with Gasteiger partial charge in [-0.05, 0) is 18.2 Å². The second kappa shape index (κ2) is 9.09. The topological polar surface area (TPSA) is 39.7 Å². The smallest absolute Gasteiger partial charge is 0.411 e. The van der Waals surface area contributed by atoms with Crippen molar-refractivity contribution in [3.8, 4) is 5.75 Å². The van der Waals surface area contributed by atoms with Crippen LogP contribution in [0.3, 0.4) is 0 Å². The third kappa shape index (κ3) is 8.11. The van der Waals surface area contributed by atoms with Crippen molar-refractivity contribution < 1.29 is 27.4 Å². The largest absolute Gasteiger partial charge is 0.467 e. The van der Waals surface area contributed by atoms with Crippen molar-refractivity contribution >= 4 is 11.6 Å². The van der Waals surface area contributed by atoms with Crippen molar-refractivity contribution in [2.45, 2.75) is 12.7 Å². The van der Waals surface area contributed by atoms with Gasteiger partial charge in [0.2, 0.25) is 0 Å². The first-order valence-corrected chi connectivity index (χ1v) is 6.55. The Balaban J connectivity index is 2.48. The average molecular weight is 328 g/mol. The second-order valence-electron chi connectivity index (χ2n) is 4.15. The van der Waals surface area contributed by atoms with E-state index in [1.165, 1.54) is 0 Å². The van der Waals surface area contributed by atoms with Gasteiger partial charge in [0.05, 0.1) is 6.61 Å². The van der Waals surface area contributed by atoms with E-state index in [1.807, 2.05) is 0 Å². The van der Waals surface area contributed by atoms with Gasteiger partial charge in [-0.25, -0.2) is 0 Å². The summed E-state index contributed by atoms with van der Waals surface area (Å²) in [5.74, 6) is 0.423. The number of halogens is 4. The summed E-state index contributed by atoms with van der Waals surface area (Å²) in [5, 5.41) is 3.62. The van der Waals surface area contributed by atoms with E-state index >= 15 is 0 Å². The van der Waals surface area contributed by atoms with Crippen LogP contribution in [0.1, 0.15) is 5.56 Å². The lowest BCUT2D eigenvalue weighted by molar-refractivity contribution is -0.186. The van der Waals surface area contributed by atoms with Crippen LogP contribution in [0.25, 0.3) is 0 Å². The molecule has 0 spiro atoms. The highest BCUT2D eigenvalue weighted by molar-refractivity contribution is 6.30. The SMILES string of the molecule is COCCNCc1cc(Cl)ccc1OCOCC(F)(F)F. The summed E-state index contributed by atoms with van der Waals surface area (Å²) < 4.78 is 50.3. The fourth-order valence-electron chi connectivity index (χ4n) is 1.49. The lowest BCUT2D eigenvalue weighted by Crippen LogP contribution is -2.20. The minimum absolute atomic E-state index is 0.423. The lowest BCUT2D eigenvalue weighted by atomic mass is 10.2. The summed E-state index contributed by atoms with van der Waals surface area (Å²) in [4.78, 5) is 0. The molecule has 0 atom stereocenters. The summed E-state index contributed by atoms with van der Waals surface area (Å²) in [6.07, 6.45) is -4.37. The van der Waals surface area contributed by atoms with E-state index in [4.69, 9.17) is 21.1 Å². The van der Waals surface area contributed by atoms with E-state index < -0.39 is 19.6 Å². The molecular formula is C13H17ClF3NO3. The Kier molecular flexibility index (Phi) is 7.81. The summed E-state index contributed by atoms with van der Waals surface area (Å²) in [7, 11) is 1.59. The Morgan fingerprint density at radius 3 is 2.71 bits per heavy atom. The Morgan fingerprint density at radius 2 is 2.05 bits per heavy atom. The Bertz CT molecular complexity index is 430. The zero-order valence-electron chi connectivity index (χ0n) is 11.5. The van der Waals surface area contributed by atoms with Crippen LogP contribution < -0.4 is 10.1 Å². The number of alkyl halides is 3. The van der Waals surface area contributed by atoms with Gasteiger partial charge in [0.25, 0.3) is 0 Å². The fraction of sp³-hybridized carbons (Fsp3) is 0.538. The molecule has 0 aliphatic carbocycles. The van der Waals surface area contributed by atoms with Crippen LogP contribution in [0.5, 0.6) is 5.75 Å². The molecule has 8 heteroatoms. The van der Waals surface area contributed by atoms with Gasteiger partial charge in [-0.1, -0.05) is 11.6 Å². The Morgan fingerprint density at radius 1 is 1.29 bits per heavy atom. The number of hydrogen-bond donors (Lipinski definition) is 1. The first-order valence-electron chi connectivity index (χ1n) is 6.18. The minimum Gasteiger partial charge on any atom is -0.467 e. The number of hydrogen-bond acceptors (Lipinski definition) is 4. The molecule has 1 aromatic rings. The van der Waals surface area contributed by atoms with Gasteiger partial charge in [0.1, 0.15) is 12.4 Å². The highest BCUT2D eigenvalue weighted by Crippen LogP contribution is 2.23. The van der Waals surface area contributed by atoms with Crippen molar-refractivity contribution in [1.82, 2.24) is 5.32 Å². The van der Waals surface area contributed by atoms with E-state index in [-0.39, 0.29) is 0 Å². The average Bonchev–Trinajstić information content (AvgIpc) is 2.40. The summed E-state index contributed by atoms with van der Waals surface area (Å²) in [5.41, 5.74) is 0.731. The first kappa shape index (κ1) is 18.0. The molecule has 0 fully saturated rings. The Hall–Kier alpha value is -1.02. The summed E-state index contributed by atoms with van der Waals surface area (Å²) in [6, 6.07) is 4.87. The molecule has 1 N–H and O–H groups in total. The molecule has 0 saturated heterocycles. The maximum Gasteiger partial charge on any atom is 0.411 e. The van der Waals surface area contributed by atoms with Gasteiger partial charge >= 0.3 is 6.18 Å². The van der Waals surface area contributed by atoms with Crippen LogP contribution in [0.4, 0.5) is 13.2 Å². The molecule has 0 saturated carbocycles.